The molecule has 25 heavy (non-hydrogen) atoms. The Morgan fingerprint density at radius 1 is 1.24 bits per heavy atom. The van der Waals surface area contributed by atoms with Crippen molar-refractivity contribution >= 4 is 29.9 Å². The van der Waals surface area contributed by atoms with Crippen LogP contribution in [-0.4, -0.2) is 76.6 Å². The zero-order valence-electron chi connectivity index (χ0n) is 16.0. The number of ether oxygens (including phenoxy) is 2. The fraction of sp³-hybridized carbons (Fsp3) is 0.944. The standard InChI is InChI=1S/C18H36N4O2.HI/c1-3-19-18(20-9-4-13-24-17-8-14-23-15-17)21-10-5-16-6-11-22(2)12-7-16;/h16-17H,3-15H2,1-2H3,(H2,19,20,21);1H. The predicted octanol–water partition coefficient (Wildman–Crippen LogP) is 2.09. The maximum Gasteiger partial charge on any atom is 0.191 e. The second kappa shape index (κ2) is 14.0. The van der Waals surface area contributed by atoms with Crippen molar-refractivity contribution in [3.05, 3.63) is 0 Å². The molecule has 148 valence electrons. The van der Waals surface area contributed by atoms with E-state index >= 15 is 0 Å². The Bertz CT molecular complexity index is 357. The Morgan fingerprint density at radius 2 is 2.04 bits per heavy atom. The summed E-state index contributed by atoms with van der Waals surface area (Å²) in [7, 11) is 2.22. The molecular formula is C18H37IN4O2. The number of rotatable bonds is 9. The van der Waals surface area contributed by atoms with Crippen LogP contribution in [0.25, 0.3) is 0 Å². The number of hydrogen-bond acceptors (Lipinski definition) is 4. The summed E-state index contributed by atoms with van der Waals surface area (Å²) in [6.45, 7) is 9.67. The molecule has 0 bridgehead atoms. The zero-order chi connectivity index (χ0) is 17.0. The van der Waals surface area contributed by atoms with Gasteiger partial charge in [0.15, 0.2) is 5.96 Å². The second-order valence-electron chi connectivity index (χ2n) is 6.93. The third kappa shape index (κ3) is 9.96. The highest BCUT2D eigenvalue weighted by Crippen LogP contribution is 2.18. The van der Waals surface area contributed by atoms with E-state index in [-0.39, 0.29) is 24.0 Å². The van der Waals surface area contributed by atoms with Crippen molar-refractivity contribution in [2.45, 2.75) is 45.1 Å². The maximum absolute atomic E-state index is 5.77. The van der Waals surface area contributed by atoms with Crippen molar-refractivity contribution in [1.82, 2.24) is 15.5 Å². The van der Waals surface area contributed by atoms with E-state index in [4.69, 9.17) is 9.47 Å². The highest BCUT2D eigenvalue weighted by molar-refractivity contribution is 14.0. The van der Waals surface area contributed by atoms with Gasteiger partial charge in [0, 0.05) is 32.8 Å². The monoisotopic (exact) mass is 468 g/mol. The van der Waals surface area contributed by atoms with Gasteiger partial charge in [-0.2, -0.15) is 0 Å². The molecule has 2 rings (SSSR count). The lowest BCUT2D eigenvalue weighted by molar-refractivity contribution is 0.0424. The van der Waals surface area contributed by atoms with E-state index in [1.54, 1.807) is 0 Å². The summed E-state index contributed by atoms with van der Waals surface area (Å²) in [6.07, 6.45) is 6.19. The maximum atomic E-state index is 5.77. The van der Waals surface area contributed by atoms with E-state index < -0.39 is 0 Å². The van der Waals surface area contributed by atoms with Gasteiger partial charge < -0.3 is 25.0 Å². The number of piperidine rings is 1. The van der Waals surface area contributed by atoms with Crippen LogP contribution in [0.5, 0.6) is 0 Å². The summed E-state index contributed by atoms with van der Waals surface area (Å²) >= 11 is 0. The largest absolute Gasteiger partial charge is 0.379 e. The number of nitrogens with zero attached hydrogens (tertiary/aromatic N) is 2. The average Bonchev–Trinajstić information content (AvgIpc) is 3.10. The first-order valence-corrected chi connectivity index (χ1v) is 9.68. The molecule has 2 saturated heterocycles. The number of aliphatic imine (C=N–C) groups is 1. The lowest BCUT2D eigenvalue weighted by Crippen LogP contribution is -2.39. The summed E-state index contributed by atoms with van der Waals surface area (Å²) in [5.74, 6) is 1.80. The van der Waals surface area contributed by atoms with Gasteiger partial charge in [-0.25, -0.2) is 0 Å². The predicted molar refractivity (Wildman–Crippen MR) is 114 cm³/mol. The van der Waals surface area contributed by atoms with Crippen molar-refractivity contribution in [1.29, 1.82) is 0 Å². The van der Waals surface area contributed by atoms with E-state index in [1.807, 2.05) is 0 Å². The number of hydrogen-bond donors (Lipinski definition) is 2. The molecule has 1 unspecified atom stereocenters. The molecule has 2 heterocycles. The van der Waals surface area contributed by atoms with Crippen LogP contribution in [0.3, 0.4) is 0 Å². The minimum atomic E-state index is 0. The van der Waals surface area contributed by atoms with Gasteiger partial charge in [-0.15, -0.1) is 24.0 Å². The smallest absolute Gasteiger partial charge is 0.191 e. The minimum Gasteiger partial charge on any atom is -0.379 e. The number of guanidine groups is 1. The lowest BCUT2D eigenvalue weighted by Gasteiger charge is -2.29. The topological polar surface area (TPSA) is 58.1 Å². The van der Waals surface area contributed by atoms with Crippen LogP contribution < -0.4 is 10.6 Å². The van der Waals surface area contributed by atoms with E-state index in [0.29, 0.717) is 6.10 Å². The third-order valence-corrected chi connectivity index (χ3v) is 4.84. The van der Waals surface area contributed by atoms with Crippen molar-refractivity contribution in [2.75, 3.05) is 59.6 Å². The molecule has 0 amide bonds. The van der Waals surface area contributed by atoms with Crippen molar-refractivity contribution in [3.63, 3.8) is 0 Å². The van der Waals surface area contributed by atoms with Crippen LogP contribution in [0.15, 0.2) is 4.99 Å². The molecule has 0 spiro atoms. The molecule has 2 aliphatic heterocycles. The first-order chi connectivity index (χ1) is 11.8. The summed E-state index contributed by atoms with van der Waals surface area (Å²) in [5, 5.41) is 6.80. The molecule has 0 radical (unpaired) electrons. The Hall–Kier alpha value is -0.120. The molecule has 0 aromatic heterocycles. The van der Waals surface area contributed by atoms with Crippen LogP contribution in [0.2, 0.25) is 0 Å². The molecule has 2 fully saturated rings. The number of nitrogens with one attached hydrogen (secondary N) is 2. The molecule has 2 N–H and O–H groups in total. The number of halogens is 1. The molecule has 1 atom stereocenters. The van der Waals surface area contributed by atoms with Gasteiger partial charge in [0.25, 0.3) is 0 Å². The summed E-state index contributed by atoms with van der Waals surface area (Å²) in [4.78, 5) is 7.07. The molecule has 0 saturated carbocycles. The van der Waals surface area contributed by atoms with E-state index in [1.165, 1.54) is 32.4 Å². The van der Waals surface area contributed by atoms with Gasteiger partial charge >= 0.3 is 0 Å². The zero-order valence-corrected chi connectivity index (χ0v) is 18.3. The number of likely N-dealkylation sites (tertiary alicyclic amines) is 1. The molecule has 6 nitrogen and oxygen atoms in total. The Balaban J connectivity index is 0.00000312. The van der Waals surface area contributed by atoms with Crippen LogP contribution in [-0.2, 0) is 9.47 Å². The second-order valence-corrected chi connectivity index (χ2v) is 6.93. The van der Waals surface area contributed by atoms with E-state index in [2.05, 4.69) is 34.5 Å². The normalized spacial score (nSPS) is 22.6. The fourth-order valence-corrected chi connectivity index (χ4v) is 3.24. The summed E-state index contributed by atoms with van der Waals surface area (Å²) in [6, 6.07) is 0. The molecule has 7 heteroatoms. The molecule has 0 aromatic rings. The Kier molecular flexibility index (Phi) is 12.8. The molecule has 2 aliphatic rings. The first-order valence-electron chi connectivity index (χ1n) is 9.68. The summed E-state index contributed by atoms with van der Waals surface area (Å²) in [5.41, 5.74) is 0. The van der Waals surface area contributed by atoms with Crippen molar-refractivity contribution in [3.8, 4) is 0 Å². The fourth-order valence-electron chi connectivity index (χ4n) is 3.24. The van der Waals surface area contributed by atoms with Gasteiger partial charge in [0.1, 0.15) is 0 Å². The Morgan fingerprint density at radius 3 is 2.72 bits per heavy atom. The first kappa shape index (κ1) is 22.9. The van der Waals surface area contributed by atoms with Crippen LogP contribution in [0.1, 0.15) is 39.0 Å². The quantitative estimate of drug-likeness (QED) is 0.235. The van der Waals surface area contributed by atoms with Crippen LogP contribution >= 0.6 is 24.0 Å². The van der Waals surface area contributed by atoms with Crippen molar-refractivity contribution in [2.24, 2.45) is 10.9 Å². The van der Waals surface area contributed by atoms with Crippen LogP contribution in [0.4, 0.5) is 0 Å². The lowest BCUT2D eigenvalue weighted by atomic mass is 9.94. The molecular weight excluding hydrogens is 431 g/mol. The van der Waals surface area contributed by atoms with Crippen LogP contribution in [0, 0.1) is 5.92 Å². The Labute approximate surface area is 170 Å². The van der Waals surface area contributed by atoms with E-state index in [9.17, 15) is 0 Å². The highest BCUT2D eigenvalue weighted by Gasteiger charge is 2.16. The van der Waals surface area contributed by atoms with Gasteiger partial charge in [-0.05, 0) is 65.1 Å². The van der Waals surface area contributed by atoms with Gasteiger partial charge in [-0.1, -0.05) is 0 Å². The van der Waals surface area contributed by atoms with Gasteiger partial charge in [0.2, 0.25) is 0 Å². The van der Waals surface area contributed by atoms with E-state index in [0.717, 1.165) is 64.2 Å². The van der Waals surface area contributed by atoms with Crippen molar-refractivity contribution < 1.29 is 9.47 Å². The summed E-state index contributed by atoms with van der Waals surface area (Å²) < 4.78 is 11.1. The third-order valence-electron chi connectivity index (χ3n) is 4.84. The van der Waals surface area contributed by atoms with Gasteiger partial charge in [-0.3, -0.25) is 4.99 Å². The highest BCUT2D eigenvalue weighted by atomic mass is 127. The SMILES string of the molecule is CCNC(=NCCCOC1CCOC1)NCCC1CCN(C)CC1.I. The molecule has 0 aliphatic carbocycles. The average molecular weight is 468 g/mol. The van der Waals surface area contributed by atoms with Gasteiger partial charge in [0.05, 0.1) is 12.7 Å². The minimum absolute atomic E-state index is 0. The molecule has 0 aromatic carbocycles.